The molecule has 31 heavy (non-hydrogen) atoms. The van der Waals surface area contributed by atoms with Crippen molar-refractivity contribution in [3.8, 4) is 17.3 Å². The molecule has 1 N–H and O–H groups in total. The van der Waals surface area contributed by atoms with E-state index in [0.717, 1.165) is 0 Å². The molecular weight excluding hydrogens is 405 g/mol. The number of carbonyl (C=O) groups is 1. The number of methoxy groups -OCH3 is 1. The minimum atomic E-state index is -0.337. The third-order valence-electron chi connectivity index (χ3n) is 4.79. The summed E-state index contributed by atoms with van der Waals surface area (Å²) in [7, 11) is 3.15. The molecule has 1 aliphatic heterocycles. The molecular formula is C20H22FN7O3. The van der Waals surface area contributed by atoms with Gasteiger partial charge in [-0.1, -0.05) is 0 Å². The molecule has 0 unspecified atom stereocenters. The van der Waals surface area contributed by atoms with Crippen LogP contribution >= 0.6 is 0 Å². The molecule has 3 heterocycles. The van der Waals surface area contributed by atoms with Gasteiger partial charge in [-0.15, -0.1) is 0 Å². The number of hydrogen-bond donors (Lipinski definition) is 1. The third-order valence-corrected chi connectivity index (χ3v) is 4.79. The molecule has 1 amide bonds. The van der Waals surface area contributed by atoms with Gasteiger partial charge in [0, 0.05) is 25.7 Å². The highest BCUT2D eigenvalue weighted by Gasteiger charge is 2.18. The van der Waals surface area contributed by atoms with Crippen LogP contribution in [0.1, 0.15) is 16.3 Å². The second-order valence-corrected chi connectivity index (χ2v) is 6.87. The second kappa shape index (κ2) is 9.04. The number of morpholine rings is 1. The first-order chi connectivity index (χ1) is 15.0. The van der Waals surface area contributed by atoms with Crippen molar-refractivity contribution in [3.63, 3.8) is 0 Å². The van der Waals surface area contributed by atoms with Crippen molar-refractivity contribution in [1.82, 2.24) is 30.0 Å². The van der Waals surface area contributed by atoms with Gasteiger partial charge in [0.2, 0.25) is 5.95 Å². The van der Waals surface area contributed by atoms with Crippen LogP contribution in [0.25, 0.3) is 11.3 Å². The molecule has 1 aromatic carbocycles. The SMILES string of the molecule is COc1nc(CNC(=O)c2cc(-c3ccc(F)cc3)nn2C)nc(N2CCOCC2)n1. The largest absolute Gasteiger partial charge is 0.467 e. The maximum atomic E-state index is 13.2. The fraction of sp³-hybridized carbons (Fsp3) is 0.350. The Morgan fingerprint density at radius 2 is 1.94 bits per heavy atom. The molecule has 0 bridgehead atoms. The first-order valence-corrected chi connectivity index (χ1v) is 9.73. The summed E-state index contributed by atoms with van der Waals surface area (Å²) in [5.74, 6) is 0.193. The summed E-state index contributed by atoms with van der Waals surface area (Å²) in [6.07, 6.45) is 0. The van der Waals surface area contributed by atoms with Gasteiger partial charge in [-0.25, -0.2) is 4.39 Å². The summed E-state index contributed by atoms with van der Waals surface area (Å²) >= 11 is 0. The number of amides is 1. The van der Waals surface area contributed by atoms with E-state index in [1.54, 1.807) is 25.2 Å². The van der Waals surface area contributed by atoms with Gasteiger partial charge in [-0.3, -0.25) is 9.48 Å². The number of carbonyl (C=O) groups excluding carboxylic acids is 1. The number of hydrogen-bond acceptors (Lipinski definition) is 8. The molecule has 0 spiro atoms. The summed E-state index contributed by atoms with van der Waals surface area (Å²) in [5.41, 5.74) is 1.64. The summed E-state index contributed by atoms with van der Waals surface area (Å²) in [6, 6.07) is 7.76. The lowest BCUT2D eigenvalue weighted by atomic mass is 10.1. The predicted molar refractivity (Wildman–Crippen MR) is 109 cm³/mol. The number of anilines is 1. The number of benzene rings is 1. The van der Waals surface area contributed by atoms with E-state index in [1.165, 1.54) is 23.9 Å². The molecule has 2 aromatic heterocycles. The highest BCUT2D eigenvalue weighted by atomic mass is 19.1. The summed E-state index contributed by atoms with van der Waals surface area (Å²) in [6.45, 7) is 2.61. The zero-order valence-corrected chi connectivity index (χ0v) is 17.2. The van der Waals surface area contributed by atoms with Crippen molar-refractivity contribution in [1.29, 1.82) is 0 Å². The quantitative estimate of drug-likeness (QED) is 0.625. The zero-order valence-electron chi connectivity index (χ0n) is 17.2. The van der Waals surface area contributed by atoms with E-state index in [1.807, 2.05) is 4.90 Å². The molecule has 0 saturated carbocycles. The Kier molecular flexibility index (Phi) is 6.03. The molecule has 0 atom stereocenters. The normalized spacial score (nSPS) is 13.8. The van der Waals surface area contributed by atoms with Crippen LogP contribution in [-0.4, -0.2) is 64.1 Å². The van der Waals surface area contributed by atoms with E-state index < -0.39 is 0 Å². The van der Waals surface area contributed by atoms with Gasteiger partial charge in [0.25, 0.3) is 5.91 Å². The van der Waals surface area contributed by atoms with Crippen molar-refractivity contribution in [2.75, 3.05) is 38.3 Å². The van der Waals surface area contributed by atoms with Gasteiger partial charge in [-0.2, -0.15) is 20.1 Å². The van der Waals surface area contributed by atoms with Crippen LogP contribution < -0.4 is 15.0 Å². The maximum absolute atomic E-state index is 13.2. The topological polar surface area (TPSA) is 107 Å². The summed E-state index contributed by atoms with van der Waals surface area (Å²) in [5, 5.41) is 7.14. The summed E-state index contributed by atoms with van der Waals surface area (Å²) < 4.78 is 25.2. The van der Waals surface area contributed by atoms with E-state index in [2.05, 4.69) is 25.4 Å². The van der Waals surface area contributed by atoms with Gasteiger partial charge in [-0.05, 0) is 30.3 Å². The van der Waals surface area contributed by atoms with Crippen LogP contribution in [0.2, 0.25) is 0 Å². The minimum absolute atomic E-state index is 0.0894. The number of nitrogens with one attached hydrogen (secondary N) is 1. The highest BCUT2D eigenvalue weighted by molar-refractivity contribution is 5.93. The Hall–Kier alpha value is -3.60. The average molecular weight is 427 g/mol. The van der Waals surface area contributed by atoms with Crippen LogP contribution in [0.15, 0.2) is 30.3 Å². The highest BCUT2D eigenvalue weighted by Crippen LogP contribution is 2.19. The van der Waals surface area contributed by atoms with Gasteiger partial charge in [0.1, 0.15) is 11.5 Å². The molecule has 1 fully saturated rings. The van der Waals surface area contributed by atoms with E-state index in [4.69, 9.17) is 9.47 Å². The van der Waals surface area contributed by atoms with Crippen LogP contribution in [0.4, 0.5) is 10.3 Å². The number of ether oxygens (including phenoxy) is 2. The van der Waals surface area contributed by atoms with Gasteiger partial charge >= 0.3 is 6.01 Å². The standard InChI is InChI=1S/C20H22FN7O3/c1-27-16(11-15(26-27)13-3-5-14(21)6-4-13)18(29)22-12-17-23-19(25-20(24-17)30-2)28-7-9-31-10-8-28/h3-6,11H,7-10,12H2,1-2H3,(H,22,29). The van der Waals surface area contributed by atoms with Crippen LogP contribution in [0.3, 0.4) is 0 Å². The van der Waals surface area contributed by atoms with Gasteiger partial charge in [0.15, 0.2) is 5.82 Å². The number of aryl methyl sites for hydroxylation is 1. The molecule has 3 aromatic rings. The first kappa shape index (κ1) is 20.7. The molecule has 162 valence electrons. The van der Waals surface area contributed by atoms with E-state index >= 15 is 0 Å². The van der Waals surface area contributed by atoms with Crippen molar-refractivity contribution in [2.24, 2.45) is 7.05 Å². The number of aromatic nitrogens is 5. The molecule has 1 saturated heterocycles. The van der Waals surface area contributed by atoms with Crippen molar-refractivity contribution >= 4 is 11.9 Å². The Labute approximate surface area is 178 Å². The van der Waals surface area contributed by atoms with E-state index in [0.29, 0.717) is 55.0 Å². The fourth-order valence-electron chi connectivity index (χ4n) is 3.15. The molecule has 0 aliphatic carbocycles. The average Bonchev–Trinajstić information content (AvgIpc) is 3.20. The minimum Gasteiger partial charge on any atom is -0.467 e. The lowest BCUT2D eigenvalue weighted by molar-refractivity contribution is 0.0940. The predicted octanol–water partition coefficient (Wildman–Crippen LogP) is 1.19. The lowest BCUT2D eigenvalue weighted by Crippen LogP contribution is -2.37. The second-order valence-electron chi connectivity index (χ2n) is 6.87. The Morgan fingerprint density at radius 3 is 2.65 bits per heavy atom. The number of nitrogens with zero attached hydrogens (tertiary/aromatic N) is 6. The van der Waals surface area contributed by atoms with Gasteiger partial charge < -0.3 is 19.7 Å². The van der Waals surface area contributed by atoms with E-state index in [-0.39, 0.29) is 24.3 Å². The Morgan fingerprint density at radius 1 is 1.19 bits per heavy atom. The number of halogens is 1. The zero-order chi connectivity index (χ0) is 21.8. The Bertz CT molecular complexity index is 1070. The molecule has 10 nitrogen and oxygen atoms in total. The molecule has 11 heteroatoms. The van der Waals surface area contributed by atoms with E-state index in [9.17, 15) is 9.18 Å². The molecule has 1 aliphatic rings. The van der Waals surface area contributed by atoms with Crippen molar-refractivity contribution in [3.05, 3.63) is 47.7 Å². The molecule has 4 rings (SSSR count). The lowest BCUT2D eigenvalue weighted by Gasteiger charge is -2.26. The first-order valence-electron chi connectivity index (χ1n) is 9.73. The van der Waals surface area contributed by atoms with Crippen LogP contribution in [0, 0.1) is 5.82 Å². The number of rotatable bonds is 6. The van der Waals surface area contributed by atoms with Gasteiger partial charge in [0.05, 0.1) is 32.6 Å². The maximum Gasteiger partial charge on any atom is 0.321 e. The van der Waals surface area contributed by atoms with Crippen LogP contribution in [-0.2, 0) is 18.3 Å². The van der Waals surface area contributed by atoms with Crippen molar-refractivity contribution < 1.29 is 18.7 Å². The van der Waals surface area contributed by atoms with Crippen molar-refractivity contribution in [2.45, 2.75) is 6.54 Å². The Balaban J connectivity index is 1.48. The van der Waals surface area contributed by atoms with Crippen LogP contribution in [0.5, 0.6) is 6.01 Å². The smallest absolute Gasteiger partial charge is 0.321 e. The third kappa shape index (κ3) is 4.77. The monoisotopic (exact) mass is 427 g/mol. The fourth-order valence-corrected chi connectivity index (χ4v) is 3.15. The summed E-state index contributed by atoms with van der Waals surface area (Å²) in [4.78, 5) is 27.7. The molecule has 0 radical (unpaired) electrons.